The molecule has 0 radical (unpaired) electrons. The van der Waals surface area contributed by atoms with Crippen LogP contribution in [0.4, 0.5) is 4.79 Å². The summed E-state index contributed by atoms with van der Waals surface area (Å²) in [5.41, 5.74) is 7.00. The van der Waals surface area contributed by atoms with Crippen LogP contribution in [0.15, 0.2) is 53.0 Å². The first kappa shape index (κ1) is 16.0. The summed E-state index contributed by atoms with van der Waals surface area (Å²) in [7, 11) is 0. The smallest absolute Gasteiger partial charge is 0.318 e. The van der Waals surface area contributed by atoms with E-state index in [0.29, 0.717) is 5.75 Å². The van der Waals surface area contributed by atoms with E-state index in [2.05, 4.69) is 15.9 Å². The second kappa shape index (κ2) is 7.09. The normalized spacial score (nSPS) is 11.5. The number of carbonyl (C=O) groups is 2. The van der Waals surface area contributed by atoms with Gasteiger partial charge in [0.05, 0.1) is 0 Å². The summed E-state index contributed by atoms with van der Waals surface area (Å²) in [6, 6.07) is 14.4. The Morgan fingerprint density at radius 3 is 2.05 bits per heavy atom. The van der Waals surface area contributed by atoms with Crippen LogP contribution in [0.1, 0.15) is 6.92 Å². The van der Waals surface area contributed by atoms with E-state index >= 15 is 0 Å². The molecule has 0 spiro atoms. The molecule has 3 N–H and O–H groups in total. The van der Waals surface area contributed by atoms with E-state index < -0.39 is 18.0 Å². The summed E-state index contributed by atoms with van der Waals surface area (Å²) in [6.07, 6.45) is -0.814. The molecule has 0 heterocycles. The summed E-state index contributed by atoms with van der Waals surface area (Å²) < 4.78 is 6.48. The molecule has 2 rings (SSSR count). The molecule has 6 heteroatoms. The van der Waals surface area contributed by atoms with Crippen LogP contribution in [0.25, 0.3) is 11.1 Å². The highest BCUT2D eigenvalue weighted by atomic mass is 79.9. The minimum atomic E-state index is -0.897. The first-order valence-electron chi connectivity index (χ1n) is 6.58. The van der Waals surface area contributed by atoms with Crippen LogP contribution in [0.2, 0.25) is 0 Å². The van der Waals surface area contributed by atoms with Gasteiger partial charge in [0.15, 0.2) is 6.10 Å². The van der Waals surface area contributed by atoms with Crippen molar-refractivity contribution in [3.63, 3.8) is 0 Å². The molecule has 0 saturated carbocycles. The molecule has 0 aliphatic carbocycles. The number of hydrogen-bond donors (Lipinski definition) is 2. The van der Waals surface area contributed by atoms with Gasteiger partial charge in [0.2, 0.25) is 0 Å². The average molecular weight is 363 g/mol. The maximum Gasteiger partial charge on any atom is 0.318 e. The van der Waals surface area contributed by atoms with Crippen LogP contribution in [-0.2, 0) is 4.79 Å². The van der Waals surface area contributed by atoms with Gasteiger partial charge in [-0.1, -0.05) is 40.2 Å². The number of hydrogen-bond acceptors (Lipinski definition) is 3. The van der Waals surface area contributed by atoms with Crippen molar-refractivity contribution in [2.75, 3.05) is 0 Å². The molecular formula is C16H15BrN2O3. The monoisotopic (exact) mass is 362 g/mol. The molecule has 114 valence electrons. The summed E-state index contributed by atoms with van der Waals surface area (Å²) >= 11 is 3.40. The minimum absolute atomic E-state index is 0.535. The summed E-state index contributed by atoms with van der Waals surface area (Å²) in [5, 5.41) is 1.98. The maximum absolute atomic E-state index is 11.5. The number of benzene rings is 2. The van der Waals surface area contributed by atoms with Gasteiger partial charge in [-0.2, -0.15) is 0 Å². The summed E-state index contributed by atoms with van der Waals surface area (Å²) in [4.78, 5) is 22.2. The molecule has 5 nitrogen and oxygen atoms in total. The highest BCUT2D eigenvalue weighted by molar-refractivity contribution is 9.10. The van der Waals surface area contributed by atoms with Gasteiger partial charge in [-0.3, -0.25) is 10.1 Å². The zero-order chi connectivity index (χ0) is 16.1. The third-order valence-electron chi connectivity index (χ3n) is 2.96. The van der Waals surface area contributed by atoms with Crippen LogP contribution >= 0.6 is 15.9 Å². The van der Waals surface area contributed by atoms with E-state index in [1.165, 1.54) is 0 Å². The number of urea groups is 1. The van der Waals surface area contributed by atoms with Crippen molar-refractivity contribution in [2.45, 2.75) is 13.0 Å². The highest BCUT2D eigenvalue weighted by Crippen LogP contribution is 2.24. The molecule has 0 saturated heterocycles. The molecule has 22 heavy (non-hydrogen) atoms. The second-order valence-corrected chi connectivity index (χ2v) is 5.56. The number of nitrogens with one attached hydrogen (secondary N) is 1. The lowest BCUT2D eigenvalue weighted by atomic mass is 10.1. The fourth-order valence-electron chi connectivity index (χ4n) is 1.85. The first-order valence-corrected chi connectivity index (χ1v) is 7.38. The molecule has 2 aromatic carbocycles. The lowest BCUT2D eigenvalue weighted by Gasteiger charge is -2.13. The molecule has 0 bridgehead atoms. The van der Waals surface area contributed by atoms with Crippen LogP contribution in [-0.4, -0.2) is 18.0 Å². The number of halogens is 1. The van der Waals surface area contributed by atoms with Crippen molar-refractivity contribution in [3.05, 3.63) is 53.0 Å². The third kappa shape index (κ3) is 4.33. The van der Waals surface area contributed by atoms with Crippen LogP contribution in [0.3, 0.4) is 0 Å². The Morgan fingerprint density at radius 1 is 1.05 bits per heavy atom. The number of ether oxygens (including phenoxy) is 1. The molecule has 0 aromatic heterocycles. The Bertz CT molecular complexity index is 669. The van der Waals surface area contributed by atoms with Gasteiger partial charge in [-0.15, -0.1) is 0 Å². The molecule has 1 atom stereocenters. The Kier molecular flexibility index (Phi) is 5.16. The van der Waals surface area contributed by atoms with Gasteiger partial charge in [0.1, 0.15) is 5.75 Å². The van der Waals surface area contributed by atoms with Gasteiger partial charge >= 0.3 is 6.03 Å². The Labute approximate surface area is 136 Å². The maximum atomic E-state index is 11.5. The number of rotatable bonds is 4. The van der Waals surface area contributed by atoms with Gasteiger partial charge in [0, 0.05) is 4.47 Å². The molecule has 0 fully saturated rings. The minimum Gasteiger partial charge on any atom is -0.481 e. The predicted octanol–water partition coefficient (Wildman–Crippen LogP) is 3.08. The topological polar surface area (TPSA) is 81.4 Å². The van der Waals surface area contributed by atoms with E-state index in [0.717, 1.165) is 15.6 Å². The molecular weight excluding hydrogens is 348 g/mol. The zero-order valence-electron chi connectivity index (χ0n) is 11.9. The van der Waals surface area contributed by atoms with E-state index in [1.54, 1.807) is 19.1 Å². The van der Waals surface area contributed by atoms with Crippen molar-refractivity contribution in [2.24, 2.45) is 5.73 Å². The fraction of sp³-hybridized carbons (Fsp3) is 0.125. The van der Waals surface area contributed by atoms with Crippen molar-refractivity contribution in [1.29, 1.82) is 0 Å². The highest BCUT2D eigenvalue weighted by Gasteiger charge is 2.15. The standard InChI is InChI=1S/C16H15BrN2O3/c1-10(15(20)19-16(18)21)22-14-8-4-12(5-9-14)11-2-6-13(17)7-3-11/h2-10H,1H3,(H3,18,19,20,21)/t10-/m1/s1. The molecule has 0 unspecified atom stereocenters. The van der Waals surface area contributed by atoms with Crippen LogP contribution in [0, 0.1) is 0 Å². The Balaban J connectivity index is 2.04. The largest absolute Gasteiger partial charge is 0.481 e. The van der Waals surface area contributed by atoms with Gasteiger partial charge in [-0.25, -0.2) is 4.79 Å². The second-order valence-electron chi connectivity index (χ2n) is 4.64. The third-order valence-corrected chi connectivity index (χ3v) is 3.49. The van der Waals surface area contributed by atoms with E-state index in [-0.39, 0.29) is 0 Å². The van der Waals surface area contributed by atoms with Crippen molar-refractivity contribution < 1.29 is 14.3 Å². The van der Waals surface area contributed by atoms with Crippen LogP contribution < -0.4 is 15.8 Å². The van der Waals surface area contributed by atoms with Crippen molar-refractivity contribution in [3.8, 4) is 16.9 Å². The lowest BCUT2D eigenvalue weighted by molar-refractivity contribution is -0.126. The fourth-order valence-corrected chi connectivity index (χ4v) is 2.11. The van der Waals surface area contributed by atoms with Gasteiger partial charge in [-0.05, 0) is 42.3 Å². The average Bonchev–Trinajstić information content (AvgIpc) is 2.48. The van der Waals surface area contributed by atoms with Crippen molar-refractivity contribution in [1.82, 2.24) is 5.32 Å². The summed E-state index contributed by atoms with van der Waals surface area (Å²) in [6.45, 7) is 1.54. The Morgan fingerprint density at radius 2 is 1.55 bits per heavy atom. The van der Waals surface area contributed by atoms with Gasteiger partial charge < -0.3 is 10.5 Å². The van der Waals surface area contributed by atoms with E-state index in [4.69, 9.17) is 10.5 Å². The number of carbonyl (C=O) groups excluding carboxylic acids is 2. The Hall–Kier alpha value is -2.34. The molecule has 2 aromatic rings. The van der Waals surface area contributed by atoms with Gasteiger partial charge in [0.25, 0.3) is 5.91 Å². The van der Waals surface area contributed by atoms with E-state index in [1.807, 2.05) is 41.7 Å². The number of imide groups is 1. The summed E-state index contributed by atoms with van der Waals surface area (Å²) in [5.74, 6) is -0.0440. The number of nitrogens with two attached hydrogens (primary N) is 1. The molecule has 0 aliphatic heterocycles. The number of amides is 3. The number of primary amides is 1. The predicted molar refractivity (Wildman–Crippen MR) is 87.4 cm³/mol. The lowest BCUT2D eigenvalue weighted by Crippen LogP contribution is -2.42. The SMILES string of the molecule is C[C@@H](Oc1ccc(-c2ccc(Br)cc2)cc1)C(=O)NC(N)=O. The van der Waals surface area contributed by atoms with Crippen LogP contribution in [0.5, 0.6) is 5.75 Å². The molecule has 0 aliphatic rings. The first-order chi connectivity index (χ1) is 10.5. The zero-order valence-corrected chi connectivity index (χ0v) is 13.5. The quantitative estimate of drug-likeness (QED) is 0.876. The molecule has 3 amide bonds. The van der Waals surface area contributed by atoms with E-state index in [9.17, 15) is 9.59 Å². The van der Waals surface area contributed by atoms with Crippen molar-refractivity contribution >= 4 is 27.9 Å².